The van der Waals surface area contributed by atoms with Gasteiger partial charge in [-0.2, -0.15) is 0 Å². The Kier molecular flexibility index (Phi) is 35.3. The van der Waals surface area contributed by atoms with Crippen LogP contribution in [0.15, 0.2) is 177 Å². The molecule has 9 atom stereocenters. The first-order valence-corrected chi connectivity index (χ1v) is 53.7. The van der Waals surface area contributed by atoms with Gasteiger partial charge in [0.05, 0.1) is 17.7 Å². The lowest BCUT2D eigenvalue weighted by molar-refractivity contribution is -0.141. The number of carbonyl (C=O) groups is 7. The Hall–Kier alpha value is -9.80. The highest BCUT2D eigenvalue weighted by atomic mass is 31.3. The maximum absolute atomic E-state index is 14.8. The molecule has 6 fully saturated rings. The quantitative estimate of drug-likeness (QED) is 0.0104. The van der Waals surface area contributed by atoms with Crippen molar-refractivity contribution in [1.29, 1.82) is 0 Å². The van der Waals surface area contributed by atoms with E-state index in [1.54, 1.807) is 6.92 Å². The van der Waals surface area contributed by atoms with E-state index in [4.69, 9.17) is 69.3 Å². The van der Waals surface area contributed by atoms with E-state index in [9.17, 15) is 143 Å². The van der Waals surface area contributed by atoms with Crippen molar-refractivity contribution in [2.75, 3.05) is 26.2 Å². The number of Topliss-reactive ketones (excluding diaryl/α,β-unsaturated/α-hetero) is 1. The van der Waals surface area contributed by atoms with E-state index >= 15 is 0 Å². The molecule has 3 amide bonds. The molecular formula is C80H89F3N6O42P8. The van der Waals surface area contributed by atoms with Gasteiger partial charge in [-0.25, -0.2) is 37.2 Å². The molecule has 12 N–H and O–H groups in total. The fourth-order valence-electron chi connectivity index (χ4n) is 13.1. The van der Waals surface area contributed by atoms with Crippen molar-refractivity contribution in [2.45, 2.75) is 156 Å². The molecular weight excluding hydrogens is 2020 g/mol. The lowest BCUT2D eigenvalue weighted by atomic mass is 10.1. The Morgan fingerprint density at radius 2 is 0.906 bits per heavy atom. The Bertz CT molecular complexity index is 6130. The first kappa shape index (κ1) is 110. The average molecular weight is 2110 g/mol. The van der Waals surface area contributed by atoms with Crippen molar-refractivity contribution in [3.8, 4) is 23.0 Å². The van der Waals surface area contributed by atoms with Gasteiger partial charge in [0.25, 0.3) is 20.3 Å². The molecule has 5 aliphatic heterocycles. The molecule has 48 nitrogen and oxygen atoms in total. The molecule has 0 bridgehead atoms. The number of nitrogens with zero attached hydrogens (tertiary/aromatic N) is 6. The molecule has 6 aliphatic rings. The van der Waals surface area contributed by atoms with E-state index in [2.05, 4.69) is 19.9 Å². The number of rotatable bonds is 26. The molecule has 9 heterocycles. The van der Waals surface area contributed by atoms with Crippen molar-refractivity contribution in [3.05, 3.63) is 239 Å². The van der Waals surface area contributed by atoms with Crippen LogP contribution in [0.2, 0.25) is 0 Å². The van der Waals surface area contributed by atoms with Gasteiger partial charge < -0.3 is 97.6 Å². The van der Waals surface area contributed by atoms with Crippen molar-refractivity contribution < 1.29 is 212 Å². The van der Waals surface area contributed by atoms with E-state index in [1.807, 2.05) is 6.92 Å². The number of ether oxygens (including phenoxy) is 7. The number of imide groups is 1. The molecule has 59 heteroatoms. The summed E-state index contributed by atoms with van der Waals surface area (Å²) in [6, 6.07) is 26.0. The summed E-state index contributed by atoms with van der Waals surface area (Å²) in [4.78, 5) is 183. The van der Waals surface area contributed by atoms with Crippen molar-refractivity contribution in [2.24, 2.45) is 0 Å². The molecule has 1 saturated carbocycles. The monoisotopic (exact) mass is 2110 g/mol. The van der Waals surface area contributed by atoms with E-state index in [0.29, 0.717) is 37.6 Å². The molecule has 9 unspecified atom stereocenters. The highest BCUT2D eigenvalue weighted by Crippen LogP contribution is 2.83. The van der Waals surface area contributed by atoms with Crippen LogP contribution in [0.4, 0.5) is 32.3 Å². The number of para-hydroxylation sites is 1. The van der Waals surface area contributed by atoms with Crippen LogP contribution in [0, 0.1) is 17.5 Å². The number of hydrogen-bond acceptors (Lipinski definition) is 38. The zero-order chi connectivity index (χ0) is 102. The van der Waals surface area contributed by atoms with E-state index in [0.717, 1.165) is 36.1 Å². The number of aromatic nitrogens is 4. The number of aliphatic hydroxyl groups is 4. The summed E-state index contributed by atoms with van der Waals surface area (Å²) in [5.41, 5.74) is -1.17. The van der Waals surface area contributed by atoms with Crippen LogP contribution in [0.1, 0.15) is 142 Å². The van der Waals surface area contributed by atoms with E-state index in [-0.39, 0.29) is 101 Å². The number of hydrogen-bond donors (Lipinski definition) is 12. The number of likely N-dealkylation sites (tertiary alicyclic amines) is 1. The second-order valence-corrected chi connectivity index (χ2v) is 48.3. The molecule has 4 aromatic heterocycles. The summed E-state index contributed by atoms with van der Waals surface area (Å²) in [7, 11) is -42.2. The molecule has 1 aliphatic carbocycles. The molecule has 752 valence electrons. The minimum Gasteiger partial charge on any atom is -0.464 e. The lowest BCUT2D eigenvalue weighted by Crippen LogP contribution is -2.38. The molecule has 5 saturated heterocycles. The van der Waals surface area contributed by atoms with Gasteiger partial charge in [0.2, 0.25) is 31.1 Å². The van der Waals surface area contributed by atoms with Crippen LogP contribution < -0.4 is 18.9 Å². The predicted molar refractivity (Wildman–Crippen MR) is 464 cm³/mol. The minimum atomic E-state index is -5.50. The Morgan fingerprint density at radius 3 is 1.30 bits per heavy atom. The van der Waals surface area contributed by atoms with Crippen LogP contribution in [0.3, 0.4) is 0 Å². The Balaban J connectivity index is 0.000000178. The number of halogens is 3. The number of esters is 1. The smallest absolute Gasteiger partial charge is 0.464 e. The Morgan fingerprint density at radius 1 is 0.489 bits per heavy atom. The highest BCUT2D eigenvalue weighted by Gasteiger charge is 2.71. The third-order valence-corrected chi connectivity index (χ3v) is 38.9. The zero-order valence-corrected chi connectivity index (χ0v) is 80.0. The van der Waals surface area contributed by atoms with Crippen LogP contribution in [0.25, 0.3) is 0 Å². The van der Waals surface area contributed by atoms with E-state index in [1.165, 1.54) is 159 Å². The SMILES string of the molecule is CCC(=O)CC(C)OC(=O)Oc1cc(F)c(C2OP(=O)(O)C(O)(Cc3cccnc3)P(=O)(O)O2)c(F)c1.CCCN(CCOC(C)=O)C(=O)Oc1ccc(C2OP(=O)(O)C(O)(Cc3cccnc3)P(=O)(O)O2)cc1.O=C(Oc1ccccc1C1OP(=O)(O)C(O)(Cc2cccnc2)P(=O)(O)O1)OC1CC1.O=C1CCCN1C(=O)Oc1ccc(C2OP(=O)(O)C(O)(Cc3cccnc3)P(=O)(O)O2)c(F)c1. The third-order valence-electron chi connectivity index (χ3n) is 20.5. The molecule has 0 radical (unpaired) electrons. The molecule has 0 spiro atoms. The largest absolute Gasteiger partial charge is 0.514 e. The van der Waals surface area contributed by atoms with Gasteiger partial charge in [-0.3, -0.25) is 107 Å². The van der Waals surface area contributed by atoms with Gasteiger partial charge in [0.15, 0.2) is 0 Å². The fraction of sp³-hybridized carbons (Fsp3) is 0.362. The second-order valence-electron chi connectivity index (χ2n) is 30.9. The summed E-state index contributed by atoms with van der Waals surface area (Å²) >= 11 is 0. The van der Waals surface area contributed by atoms with Gasteiger partial charge in [-0.05, 0) is 109 Å². The summed E-state index contributed by atoms with van der Waals surface area (Å²) in [5, 5.41) is 30.1. The molecule has 139 heavy (non-hydrogen) atoms. The first-order valence-electron chi connectivity index (χ1n) is 41.1. The lowest BCUT2D eigenvalue weighted by Gasteiger charge is -2.41. The van der Waals surface area contributed by atoms with Crippen molar-refractivity contribution in [1.82, 2.24) is 29.7 Å². The highest BCUT2D eigenvalue weighted by molar-refractivity contribution is 7.75. The Labute approximate surface area is 785 Å². The van der Waals surface area contributed by atoms with E-state index < -0.39 is 209 Å². The fourth-order valence-corrected chi connectivity index (χ4v) is 27.4. The summed E-state index contributed by atoms with van der Waals surface area (Å²) < 4.78 is 221. The van der Waals surface area contributed by atoms with Gasteiger partial charge in [0, 0.05) is 144 Å². The van der Waals surface area contributed by atoms with Crippen molar-refractivity contribution >= 4 is 103 Å². The minimum absolute atomic E-state index is 0.00922. The normalized spacial score (nSPS) is 29.9. The van der Waals surface area contributed by atoms with Gasteiger partial charge in [-0.15, -0.1) is 0 Å². The molecule has 4 aromatic carbocycles. The van der Waals surface area contributed by atoms with Crippen molar-refractivity contribution in [3.63, 3.8) is 0 Å². The summed E-state index contributed by atoms with van der Waals surface area (Å²) in [5.74, 6) is -6.38. The van der Waals surface area contributed by atoms with Crippen LogP contribution in [-0.2, 0) is 127 Å². The summed E-state index contributed by atoms with van der Waals surface area (Å²) in [6.45, 7) is 6.82. The van der Waals surface area contributed by atoms with Crippen LogP contribution in [0.5, 0.6) is 23.0 Å². The summed E-state index contributed by atoms with van der Waals surface area (Å²) in [6.07, 6.45) is -3.23. The van der Waals surface area contributed by atoms with Crippen LogP contribution >= 0.6 is 60.8 Å². The number of amides is 3. The predicted octanol–water partition coefficient (Wildman–Crippen LogP) is 12.8. The number of benzene rings is 4. The number of pyridine rings is 4. The standard InChI is InChI=1S/C22H28N2O11P2.C21H23F2NO11P2.C19H19FN2O10P2.C18H19NO10P2/c1-3-11-24(12-13-32-16(2)25)21(26)33-19-8-6-18(7-9-19)20-34-36(28,29)22(27,37(30,31)35-20)14-17-5-4-10-23-15-17;1-3-14(25)7-12(2)32-20(26)33-15-8-16(22)18(17(23)9-15)19-34-36(28,29)21(27,37(30,31)35-19)10-13-5-4-6-24-11-13;20-15-9-13(30-18(24)22-8-2-4-16(22)23)5-6-14(15)17-31-33(26,27)19(25,34(28,29)32-17)10-12-3-1-7-21-11-12;20-17(26-13-7-8-13)27-15-6-2-1-5-14(15)16-28-30(22,23)18(21,31(24,25)29-16)10-12-4-3-9-19-11-12/h4-10,15,20,27H,3,11-14H2,1-2H3,(H,28,29)(H,30,31);4-6,8-9,11-12,19,27H,3,7,10H2,1-2H3,(H,28,29)(H,30,31);1,3,5-7,9,11,17,25H,2,4,8,10H2,(H,26,27)(H,28,29);1-6,9,11,13,16,21H,7-8,10H2,(H,22,23)(H,24,25). The second kappa shape index (κ2) is 44.8. The van der Waals surface area contributed by atoms with Gasteiger partial charge >= 0.3 is 91.2 Å². The zero-order valence-electron chi connectivity index (χ0n) is 72.8. The molecule has 8 aromatic rings. The molecule has 14 rings (SSSR count). The number of ketones is 1. The van der Waals surface area contributed by atoms with Gasteiger partial charge in [-0.1, -0.05) is 68.4 Å². The van der Waals surface area contributed by atoms with Gasteiger partial charge in [0.1, 0.15) is 65.0 Å². The first-order chi connectivity index (χ1) is 65.1. The topological polar surface area (TPSA) is 695 Å². The maximum Gasteiger partial charge on any atom is 0.514 e. The van der Waals surface area contributed by atoms with Crippen LogP contribution in [-0.4, -0.2) is 190 Å². The number of carbonyl (C=O) groups excluding carboxylic acids is 7. The maximum atomic E-state index is 14.8. The third kappa shape index (κ3) is 26.0. The average Bonchev–Trinajstić information content (AvgIpc) is 0.891.